The fourth-order valence-electron chi connectivity index (χ4n) is 5.20. The number of amides is 1. The van der Waals surface area contributed by atoms with E-state index in [1.807, 2.05) is 11.0 Å². The third-order valence-corrected chi connectivity index (χ3v) is 8.37. The van der Waals surface area contributed by atoms with Crippen molar-refractivity contribution < 1.29 is 13.2 Å². The van der Waals surface area contributed by atoms with E-state index in [9.17, 15) is 13.2 Å². The van der Waals surface area contributed by atoms with Gasteiger partial charge in [-0.3, -0.25) is 4.79 Å². The number of nitrogens with two attached hydrogens (primary N) is 1. The monoisotopic (exact) mass is 471 g/mol. The van der Waals surface area contributed by atoms with Crippen LogP contribution in [0.15, 0.2) is 40.4 Å². The number of carbonyl (C=O) groups is 1. The standard InChI is InChI=1S/C24H33N5O3S/c1-17-15-24(2,3)29(16-17)23-21(22(25)30)18(11-12-26-23)33(31,32)20-10-8-9-19(27-20)28-13-6-4-5-7-14-28/h8-12,17H,4-7,13-16H2,1-3H3,(H2,25,30). The van der Waals surface area contributed by atoms with Crippen molar-refractivity contribution in [1.29, 1.82) is 0 Å². The molecule has 1 atom stereocenters. The number of pyridine rings is 2. The zero-order valence-electron chi connectivity index (χ0n) is 19.6. The number of primary amides is 1. The van der Waals surface area contributed by atoms with Crippen LogP contribution in [-0.4, -0.2) is 49.5 Å². The smallest absolute Gasteiger partial charge is 0.253 e. The first kappa shape index (κ1) is 23.5. The lowest BCUT2D eigenvalue weighted by atomic mass is 9.97. The van der Waals surface area contributed by atoms with Gasteiger partial charge in [-0.25, -0.2) is 18.4 Å². The number of nitrogens with zero attached hydrogens (tertiary/aromatic N) is 4. The highest BCUT2D eigenvalue weighted by Gasteiger charge is 2.40. The van der Waals surface area contributed by atoms with Crippen LogP contribution in [0.4, 0.5) is 11.6 Å². The van der Waals surface area contributed by atoms with Gasteiger partial charge >= 0.3 is 0 Å². The summed E-state index contributed by atoms with van der Waals surface area (Å²) in [6, 6.07) is 6.37. The zero-order chi connectivity index (χ0) is 23.8. The van der Waals surface area contributed by atoms with E-state index in [1.165, 1.54) is 31.2 Å². The Balaban J connectivity index is 1.79. The van der Waals surface area contributed by atoms with E-state index in [1.54, 1.807) is 6.07 Å². The summed E-state index contributed by atoms with van der Waals surface area (Å²) in [5.74, 6) is 0.537. The number of hydrogen-bond donors (Lipinski definition) is 1. The Morgan fingerprint density at radius 1 is 1.12 bits per heavy atom. The average molecular weight is 472 g/mol. The third kappa shape index (κ3) is 4.55. The molecule has 0 bridgehead atoms. The van der Waals surface area contributed by atoms with Crippen LogP contribution in [0.1, 0.15) is 63.2 Å². The number of anilines is 2. The number of hydrogen-bond acceptors (Lipinski definition) is 7. The first-order valence-electron chi connectivity index (χ1n) is 11.6. The van der Waals surface area contributed by atoms with Crippen LogP contribution >= 0.6 is 0 Å². The van der Waals surface area contributed by atoms with Gasteiger partial charge in [0, 0.05) is 31.4 Å². The van der Waals surface area contributed by atoms with Gasteiger partial charge < -0.3 is 15.5 Å². The van der Waals surface area contributed by atoms with Gasteiger partial charge in [-0.2, -0.15) is 0 Å². The summed E-state index contributed by atoms with van der Waals surface area (Å²) >= 11 is 0. The maximum atomic E-state index is 13.7. The maximum Gasteiger partial charge on any atom is 0.253 e. The lowest BCUT2D eigenvalue weighted by Crippen LogP contribution is -2.40. The molecule has 2 fully saturated rings. The molecule has 0 spiro atoms. The van der Waals surface area contributed by atoms with Crippen molar-refractivity contribution in [2.24, 2.45) is 11.7 Å². The summed E-state index contributed by atoms with van der Waals surface area (Å²) in [6.45, 7) is 8.64. The van der Waals surface area contributed by atoms with Crippen molar-refractivity contribution in [1.82, 2.24) is 9.97 Å². The van der Waals surface area contributed by atoms with E-state index in [0.29, 0.717) is 24.1 Å². The maximum absolute atomic E-state index is 13.7. The molecule has 2 aliphatic heterocycles. The van der Waals surface area contributed by atoms with Gasteiger partial charge in [-0.05, 0) is 57.2 Å². The second-order valence-corrected chi connectivity index (χ2v) is 11.7. The van der Waals surface area contributed by atoms with E-state index >= 15 is 0 Å². The van der Waals surface area contributed by atoms with Crippen LogP contribution in [-0.2, 0) is 9.84 Å². The topological polar surface area (TPSA) is 109 Å². The molecule has 0 aliphatic carbocycles. The molecular weight excluding hydrogens is 438 g/mol. The van der Waals surface area contributed by atoms with Gasteiger partial charge in [0.2, 0.25) is 9.84 Å². The van der Waals surface area contributed by atoms with Gasteiger partial charge in [0.1, 0.15) is 17.2 Å². The molecular formula is C24H33N5O3S. The minimum Gasteiger partial charge on any atom is -0.365 e. The molecule has 0 aromatic carbocycles. The molecule has 0 radical (unpaired) electrons. The number of carbonyl (C=O) groups excluding carboxylic acids is 1. The second kappa shape index (κ2) is 8.93. The molecule has 2 aromatic heterocycles. The fourth-order valence-corrected chi connectivity index (χ4v) is 6.59. The third-order valence-electron chi connectivity index (χ3n) is 6.67. The molecule has 8 nitrogen and oxygen atoms in total. The van der Waals surface area contributed by atoms with Crippen molar-refractivity contribution in [3.63, 3.8) is 0 Å². The molecule has 178 valence electrons. The fraction of sp³-hybridized carbons (Fsp3) is 0.542. The molecule has 2 N–H and O–H groups in total. The molecule has 4 rings (SSSR count). The highest BCUT2D eigenvalue weighted by molar-refractivity contribution is 7.91. The first-order chi connectivity index (χ1) is 15.6. The summed E-state index contributed by atoms with van der Waals surface area (Å²) in [4.78, 5) is 25.5. The zero-order valence-corrected chi connectivity index (χ0v) is 20.4. The minimum absolute atomic E-state index is 0.0679. The SMILES string of the molecule is CC1CN(c2nccc(S(=O)(=O)c3cccc(N4CCCCCC4)n3)c2C(N)=O)C(C)(C)C1. The lowest BCUT2D eigenvalue weighted by Gasteiger charge is -2.33. The Labute approximate surface area is 196 Å². The summed E-state index contributed by atoms with van der Waals surface area (Å²) < 4.78 is 27.4. The van der Waals surface area contributed by atoms with Crippen molar-refractivity contribution >= 4 is 27.4 Å². The van der Waals surface area contributed by atoms with E-state index < -0.39 is 15.7 Å². The van der Waals surface area contributed by atoms with Gasteiger partial charge in [0.05, 0.1) is 4.90 Å². The Morgan fingerprint density at radius 3 is 2.42 bits per heavy atom. The highest BCUT2D eigenvalue weighted by atomic mass is 32.2. The van der Waals surface area contributed by atoms with E-state index in [0.717, 1.165) is 32.4 Å². The summed E-state index contributed by atoms with van der Waals surface area (Å²) in [6.07, 6.45) is 6.80. The van der Waals surface area contributed by atoms with Crippen molar-refractivity contribution in [3.8, 4) is 0 Å². The molecule has 33 heavy (non-hydrogen) atoms. The normalized spacial score (nSPS) is 21.1. The molecule has 4 heterocycles. The summed E-state index contributed by atoms with van der Waals surface area (Å²) in [5, 5.41) is -0.0852. The van der Waals surface area contributed by atoms with Gasteiger partial charge in [0.25, 0.3) is 5.91 Å². The minimum atomic E-state index is -4.09. The van der Waals surface area contributed by atoms with E-state index in [2.05, 4.69) is 35.6 Å². The van der Waals surface area contributed by atoms with E-state index in [4.69, 9.17) is 5.73 Å². The summed E-state index contributed by atoms with van der Waals surface area (Å²) in [5.41, 5.74) is 5.40. The number of aromatic nitrogens is 2. The Morgan fingerprint density at radius 2 is 1.82 bits per heavy atom. The van der Waals surface area contributed by atoms with Crippen molar-refractivity contribution in [2.75, 3.05) is 29.4 Å². The summed E-state index contributed by atoms with van der Waals surface area (Å²) in [7, 11) is -4.09. The highest BCUT2D eigenvalue weighted by Crippen LogP contribution is 2.39. The van der Waals surface area contributed by atoms with Gasteiger partial charge in [-0.15, -0.1) is 0 Å². The second-order valence-electron chi connectivity index (χ2n) is 9.84. The van der Waals surface area contributed by atoms with Crippen LogP contribution in [0.25, 0.3) is 0 Å². The largest absolute Gasteiger partial charge is 0.365 e. The van der Waals surface area contributed by atoms with E-state index in [-0.39, 0.29) is 21.0 Å². The Kier molecular flexibility index (Phi) is 6.35. The van der Waals surface area contributed by atoms with Gasteiger partial charge in [-0.1, -0.05) is 25.8 Å². The van der Waals surface area contributed by atoms with Crippen molar-refractivity contribution in [3.05, 3.63) is 36.0 Å². The lowest BCUT2D eigenvalue weighted by molar-refractivity contribution is 0.0997. The molecule has 9 heteroatoms. The number of rotatable bonds is 5. The van der Waals surface area contributed by atoms with Crippen LogP contribution in [0.5, 0.6) is 0 Å². The predicted octanol–water partition coefficient (Wildman–Crippen LogP) is 3.41. The van der Waals surface area contributed by atoms with Crippen LogP contribution in [0.2, 0.25) is 0 Å². The van der Waals surface area contributed by atoms with Crippen LogP contribution in [0, 0.1) is 5.92 Å². The first-order valence-corrected chi connectivity index (χ1v) is 13.1. The molecule has 1 amide bonds. The predicted molar refractivity (Wildman–Crippen MR) is 128 cm³/mol. The molecule has 2 saturated heterocycles. The number of sulfone groups is 1. The van der Waals surface area contributed by atoms with Crippen LogP contribution < -0.4 is 15.5 Å². The Hall–Kier alpha value is -2.68. The van der Waals surface area contributed by atoms with Crippen LogP contribution in [0.3, 0.4) is 0 Å². The van der Waals surface area contributed by atoms with Gasteiger partial charge in [0.15, 0.2) is 5.03 Å². The average Bonchev–Trinajstić information content (AvgIpc) is 2.94. The molecule has 2 aliphatic rings. The molecule has 1 unspecified atom stereocenters. The molecule has 0 saturated carbocycles. The molecule has 2 aromatic rings. The Bertz CT molecular complexity index is 1140. The quantitative estimate of drug-likeness (QED) is 0.711. The van der Waals surface area contributed by atoms with Crippen molar-refractivity contribution in [2.45, 2.75) is 68.3 Å².